The van der Waals surface area contributed by atoms with E-state index in [1.54, 1.807) is 12.4 Å². The summed E-state index contributed by atoms with van der Waals surface area (Å²) in [6, 6.07) is 14.6. The van der Waals surface area contributed by atoms with Gasteiger partial charge in [-0.25, -0.2) is 0 Å². The van der Waals surface area contributed by atoms with Crippen molar-refractivity contribution < 1.29 is 4.79 Å². The molecule has 0 atom stereocenters. The molecule has 1 aliphatic heterocycles. The first-order valence-corrected chi connectivity index (χ1v) is 12.9. The lowest BCUT2D eigenvalue weighted by molar-refractivity contribution is -0.121. The lowest BCUT2D eigenvalue weighted by atomic mass is 9.84. The van der Waals surface area contributed by atoms with E-state index in [4.69, 9.17) is 5.26 Å². The topological polar surface area (TPSA) is 81.9 Å². The number of benzene rings is 2. The van der Waals surface area contributed by atoms with Crippen molar-refractivity contribution in [1.82, 2.24) is 20.2 Å². The Morgan fingerprint density at radius 1 is 0.971 bits per heavy atom. The Kier molecular flexibility index (Phi) is 7.34. The summed E-state index contributed by atoms with van der Waals surface area (Å²) in [7, 11) is 0. The zero-order chi connectivity index (χ0) is 24.0. The molecular formula is C29H33N5O. The van der Waals surface area contributed by atoms with Crippen molar-refractivity contribution in [1.29, 1.82) is 5.26 Å². The predicted molar refractivity (Wildman–Crippen MR) is 137 cm³/mol. The largest absolute Gasteiger partial charge is 0.353 e. The zero-order valence-electron chi connectivity index (χ0n) is 20.2. The summed E-state index contributed by atoms with van der Waals surface area (Å²) in [6.45, 7) is 3.32. The third kappa shape index (κ3) is 6.04. The average molecular weight is 468 g/mol. The molecule has 1 N–H and O–H groups in total. The van der Waals surface area contributed by atoms with Gasteiger partial charge in [-0.15, -0.1) is 0 Å². The number of aromatic nitrogens is 2. The van der Waals surface area contributed by atoms with Crippen molar-refractivity contribution in [2.75, 3.05) is 19.6 Å². The quantitative estimate of drug-likeness (QED) is 0.587. The van der Waals surface area contributed by atoms with Gasteiger partial charge in [0, 0.05) is 31.5 Å². The van der Waals surface area contributed by atoms with Gasteiger partial charge in [0.2, 0.25) is 5.91 Å². The van der Waals surface area contributed by atoms with Crippen molar-refractivity contribution >= 4 is 16.9 Å². The summed E-state index contributed by atoms with van der Waals surface area (Å²) >= 11 is 0. The normalized spacial score (nSPS) is 20.5. The second-order valence-electron chi connectivity index (χ2n) is 10.1. The molecule has 1 aliphatic carbocycles. The molecular weight excluding hydrogens is 434 g/mol. The van der Waals surface area contributed by atoms with E-state index in [-0.39, 0.29) is 5.91 Å². The molecule has 180 valence electrons. The van der Waals surface area contributed by atoms with Gasteiger partial charge >= 0.3 is 0 Å². The highest BCUT2D eigenvalue weighted by molar-refractivity contribution is 5.81. The van der Waals surface area contributed by atoms with E-state index in [9.17, 15) is 4.79 Å². The maximum absolute atomic E-state index is 12.6. The molecule has 0 bridgehead atoms. The molecule has 1 amide bonds. The lowest BCUT2D eigenvalue weighted by Gasteiger charge is -2.30. The van der Waals surface area contributed by atoms with Crippen LogP contribution in [0.2, 0.25) is 0 Å². The molecule has 1 saturated carbocycles. The van der Waals surface area contributed by atoms with Crippen LogP contribution in [0.5, 0.6) is 0 Å². The minimum atomic E-state index is 0.0976. The van der Waals surface area contributed by atoms with Crippen LogP contribution in [0.25, 0.3) is 11.0 Å². The minimum Gasteiger partial charge on any atom is -0.353 e. The van der Waals surface area contributed by atoms with E-state index in [2.05, 4.69) is 38.4 Å². The number of hydrogen-bond acceptors (Lipinski definition) is 5. The number of amides is 1. The van der Waals surface area contributed by atoms with E-state index in [1.165, 1.54) is 30.4 Å². The Balaban J connectivity index is 1.03. The Bertz CT molecular complexity index is 1230. The summed E-state index contributed by atoms with van der Waals surface area (Å²) in [5.41, 5.74) is 6.19. The highest BCUT2D eigenvalue weighted by atomic mass is 16.1. The van der Waals surface area contributed by atoms with E-state index in [0.29, 0.717) is 12.5 Å². The molecule has 0 unspecified atom stereocenters. The van der Waals surface area contributed by atoms with E-state index >= 15 is 0 Å². The number of nitrogens with one attached hydrogen (secondary N) is 1. The van der Waals surface area contributed by atoms with Crippen LogP contribution in [-0.4, -0.2) is 46.5 Å². The molecule has 1 fully saturated rings. The smallest absolute Gasteiger partial charge is 0.224 e. The Hall–Kier alpha value is -3.30. The van der Waals surface area contributed by atoms with E-state index in [1.807, 2.05) is 24.3 Å². The summed E-state index contributed by atoms with van der Waals surface area (Å²) < 4.78 is 0. The van der Waals surface area contributed by atoms with Crippen LogP contribution >= 0.6 is 0 Å². The van der Waals surface area contributed by atoms with Gasteiger partial charge in [-0.05, 0) is 98.4 Å². The highest BCUT2D eigenvalue weighted by Gasteiger charge is 2.23. The van der Waals surface area contributed by atoms with Gasteiger partial charge < -0.3 is 10.2 Å². The first kappa shape index (κ1) is 23.4. The van der Waals surface area contributed by atoms with Gasteiger partial charge in [0.25, 0.3) is 0 Å². The lowest BCUT2D eigenvalue weighted by Crippen LogP contribution is -2.39. The first-order chi connectivity index (χ1) is 17.2. The fourth-order valence-electron chi connectivity index (χ4n) is 5.61. The molecule has 6 nitrogen and oxygen atoms in total. The van der Waals surface area contributed by atoms with Gasteiger partial charge in [-0.2, -0.15) is 5.26 Å². The van der Waals surface area contributed by atoms with Crippen molar-refractivity contribution in [3.05, 3.63) is 71.0 Å². The fraction of sp³-hybridized carbons (Fsp3) is 0.448. The maximum Gasteiger partial charge on any atom is 0.224 e. The van der Waals surface area contributed by atoms with Crippen LogP contribution in [0.15, 0.2) is 48.8 Å². The third-order valence-corrected chi connectivity index (χ3v) is 7.69. The highest BCUT2D eigenvalue weighted by Crippen LogP contribution is 2.28. The third-order valence-electron chi connectivity index (χ3n) is 7.69. The van der Waals surface area contributed by atoms with Gasteiger partial charge in [-0.3, -0.25) is 14.8 Å². The van der Waals surface area contributed by atoms with Gasteiger partial charge in [0.1, 0.15) is 0 Å². The molecule has 1 aromatic heterocycles. The maximum atomic E-state index is 12.6. The summed E-state index contributed by atoms with van der Waals surface area (Å²) in [5.74, 6) is 0.846. The zero-order valence-corrected chi connectivity index (χ0v) is 20.2. The Labute approximate surface area is 207 Å². The van der Waals surface area contributed by atoms with Crippen LogP contribution in [0.3, 0.4) is 0 Å². The Morgan fingerprint density at radius 2 is 1.74 bits per heavy atom. The predicted octanol–water partition coefficient (Wildman–Crippen LogP) is 4.21. The number of nitrogens with zero attached hydrogens (tertiary/aromatic N) is 4. The van der Waals surface area contributed by atoms with Crippen LogP contribution in [0.1, 0.15) is 54.4 Å². The van der Waals surface area contributed by atoms with Crippen molar-refractivity contribution in [2.24, 2.45) is 5.92 Å². The second-order valence-corrected chi connectivity index (χ2v) is 10.1. The van der Waals surface area contributed by atoms with Gasteiger partial charge in [0.15, 0.2) is 0 Å². The van der Waals surface area contributed by atoms with Gasteiger partial charge in [0.05, 0.1) is 29.1 Å². The standard InChI is InChI=1S/C29H33N5O/c30-20-23-1-5-24-10-15-34(16-11-25(24)17-23)14-9-21-2-6-26(7-3-21)33-29(35)19-22-4-8-27-28(18-22)32-13-12-31-27/h1,4-5,8,12-13,17-18,21,26H,2-3,6-7,9-11,14-16,19H2,(H,33,35). The fourth-order valence-corrected chi connectivity index (χ4v) is 5.61. The monoisotopic (exact) mass is 467 g/mol. The van der Waals surface area contributed by atoms with Crippen LogP contribution in [-0.2, 0) is 24.1 Å². The molecule has 6 heteroatoms. The summed E-state index contributed by atoms with van der Waals surface area (Å²) in [6.07, 6.45) is 11.6. The van der Waals surface area contributed by atoms with Crippen molar-refractivity contribution in [3.63, 3.8) is 0 Å². The molecule has 0 saturated heterocycles. The molecule has 3 aromatic rings. The first-order valence-electron chi connectivity index (χ1n) is 12.9. The summed E-state index contributed by atoms with van der Waals surface area (Å²) in [4.78, 5) is 23.8. The number of carbonyl (C=O) groups excluding carboxylic acids is 1. The van der Waals surface area contributed by atoms with Crippen LogP contribution in [0, 0.1) is 17.2 Å². The van der Waals surface area contributed by atoms with E-state index in [0.717, 1.165) is 73.4 Å². The van der Waals surface area contributed by atoms with Gasteiger partial charge in [-0.1, -0.05) is 12.1 Å². The number of fused-ring (bicyclic) bond motifs is 2. The second kappa shape index (κ2) is 11.0. The molecule has 2 heterocycles. The SMILES string of the molecule is N#Cc1ccc2c(c1)CCN(CCC1CCC(NC(=O)Cc3ccc4nccnc4c3)CC1)CC2. The van der Waals surface area contributed by atoms with Crippen molar-refractivity contribution in [2.45, 2.75) is 57.4 Å². The Morgan fingerprint density at radius 3 is 2.54 bits per heavy atom. The summed E-state index contributed by atoms with van der Waals surface area (Å²) in [5, 5.41) is 12.4. The molecule has 2 aliphatic rings. The van der Waals surface area contributed by atoms with E-state index < -0.39 is 0 Å². The van der Waals surface area contributed by atoms with Crippen molar-refractivity contribution in [3.8, 4) is 6.07 Å². The molecule has 2 aromatic carbocycles. The number of carbonyl (C=O) groups is 1. The number of rotatable bonds is 6. The van der Waals surface area contributed by atoms with Crippen LogP contribution in [0.4, 0.5) is 0 Å². The molecule has 5 rings (SSSR count). The number of nitriles is 1. The van der Waals surface area contributed by atoms with Crippen LogP contribution < -0.4 is 5.32 Å². The molecule has 35 heavy (non-hydrogen) atoms. The number of hydrogen-bond donors (Lipinski definition) is 1. The average Bonchev–Trinajstić information content (AvgIpc) is 3.10. The molecule has 0 radical (unpaired) electrons. The minimum absolute atomic E-state index is 0.0976. The molecule has 0 spiro atoms.